The van der Waals surface area contributed by atoms with Gasteiger partial charge in [0.05, 0.1) is 0 Å². The van der Waals surface area contributed by atoms with Gasteiger partial charge in [-0.05, 0) is 81.9 Å². The number of thiophene rings is 1. The molecule has 5 heteroatoms. The molecule has 0 fully saturated rings. The van der Waals surface area contributed by atoms with Crippen LogP contribution >= 0.6 is 11.3 Å². The number of aromatic nitrogens is 3. The smallest absolute Gasteiger partial charge is 0.164 e. The molecule has 0 radical (unpaired) electrons. The van der Waals surface area contributed by atoms with E-state index in [0.29, 0.717) is 17.5 Å². The van der Waals surface area contributed by atoms with Crippen molar-refractivity contribution in [3.63, 3.8) is 0 Å². The molecule has 0 N–H and O–H groups in total. The highest BCUT2D eigenvalue weighted by Crippen LogP contribution is 2.39. The quantitative estimate of drug-likeness (QED) is 0.171. The number of fused-ring (bicyclic) bond motifs is 6. The van der Waals surface area contributed by atoms with Gasteiger partial charge in [0.2, 0.25) is 0 Å². The van der Waals surface area contributed by atoms with E-state index < -0.39 is 0 Å². The average molecular weight is 734 g/mol. The van der Waals surface area contributed by atoms with Crippen LogP contribution in [0.25, 0.3) is 110 Å². The van der Waals surface area contributed by atoms with Crippen LogP contribution in [0.5, 0.6) is 0 Å². The molecule has 11 aromatic rings. The Morgan fingerprint density at radius 1 is 0.286 bits per heavy atom. The van der Waals surface area contributed by atoms with Crippen LogP contribution in [0.2, 0.25) is 0 Å². The Morgan fingerprint density at radius 2 is 0.786 bits per heavy atom. The van der Waals surface area contributed by atoms with Crippen molar-refractivity contribution in [2.75, 3.05) is 0 Å². The second-order valence-electron chi connectivity index (χ2n) is 14.0. The monoisotopic (exact) mass is 733 g/mol. The maximum atomic E-state index is 6.48. The zero-order valence-corrected chi connectivity index (χ0v) is 30.9. The number of furan rings is 1. The number of hydrogen-bond donors (Lipinski definition) is 0. The van der Waals surface area contributed by atoms with Crippen LogP contribution in [0.4, 0.5) is 0 Å². The Hall–Kier alpha value is -7.21. The highest BCUT2D eigenvalue weighted by Gasteiger charge is 2.16. The number of benzene rings is 8. The molecule has 262 valence electrons. The highest BCUT2D eigenvalue weighted by atomic mass is 32.1. The second-order valence-corrected chi connectivity index (χ2v) is 15.1. The van der Waals surface area contributed by atoms with Crippen LogP contribution in [0.1, 0.15) is 0 Å². The summed E-state index contributed by atoms with van der Waals surface area (Å²) in [7, 11) is 0. The number of rotatable bonds is 6. The molecule has 4 nitrogen and oxygen atoms in total. The third-order valence-corrected chi connectivity index (χ3v) is 11.7. The summed E-state index contributed by atoms with van der Waals surface area (Å²) in [5.74, 6) is 1.83. The van der Waals surface area contributed by atoms with Crippen LogP contribution in [0.3, 0.4) is 0 Å². The fraction of sp³-hybridized carbons (Fsp3) is 0. The van der Waals surface area contributed by atoms with Gasteiger partial charge >= 0.3 is 0 Å². The Morgan fingerprint density at radius 3 is 1.54 bits per heavy atom. The normalized spacial score (nSPS) is 11.6. The summed E-state index contributed by atoms with van der Waals surface area (Å²) in [6.45, 7) is 0. The lowest BCUT2D eigenvalue weighted by atomic mass is 9.97. The van der Waals surface area contributed by atoms with E-state index in [0.717, 1.165) is 55.3 Å². The zero-order chi connectivity index (χ0) is 37.0. The van der Waals surface area contributed by atoms with Crippen molar-refractivity contribution in [3.8, 4) is 67.5 Å². The first-order chi connectivity index (χ1) is 27.7. The van der Waals surface area contributed by atoms with Crippen LogP contribution in [0, 0.1) is 0 Å². The SMILES string of the molecule is c1ccc(-c2ccc(-c3nc(-c4ccccc4)nc(-c4ccc5c(c4)oc4ccc(-c6cccc(-c7ccc8sc9ccccc9c8c7)c6)cc45)n3)cc2)cc1. The van der Waals surface area contributed by atoms with E-state index in [1.54, 1.807) is 0 Å². The third kappa shape index (κ3) is 5.74. The van der Waals surface area contributed by atoms with Crippen molar-refractivity contribution in [3.05, 3.63) is 188 Å². The fourth-order valence-corrected chi connectivity index (χ4v) is 8.76. The van der Waals surface area contributed by atoms with Crippen molar-refractivity contribution >= 4 is 53.4 Å². The van der Waals surface area contributed by atoms with Crippen LogP contribution in [-0.4, -0.2) is 15.0 Å². The molecule has 11 rings (SSSR count). The average Bonchev–Trinajstić information content (AvgIpc) is 3.84. The summed E-state index contributed by atoms with van der Waals surface area (Å²) in [5.41, 5.74) is 11.4. The third-order valence-electron chi connectivity index (χ3n) is 10.6. The molecule has 0 aliphatic heterocycles. The summed E-state index contributed by atoms with van der Waals surface area (Å²) in [6.07, 6.45) is 0. The minimum Gasteiger partial charge on any atom is -0.456 e. The predicted molar refractivity (Wildman–Crippen MR) is 233 cm³/mol. The maximum absolute atomic E-state index is 6.48. The van der Waals surface area contributed by atoms with Crippen molar-refractivity contribution in [2.24, 2.45) is 0 Å². The maximum Gasteiger partial charge on any atom is 0.164 e. The standard InChI is InChI=1S/C51H31N3OS/c1-3-10-32(11-4-1)33-18-20-35(21-19-33)50-52-49(34-12-5-2-6-13-34)53-51(54-50)40-22-25-41-43-29-38(23-26-45(43)55-46(41)31-40)36-14-9-15-37(28-36)39-24-27-48-44(30-39)42-16-7-8-17-47(42)56-48/h1-31H. The topological polar surface area (TPSA) is 51.8 Å². The lowest BCUT2D eigenvalue weighted by Crippen LogP contribution is -2.00. The van der Waals surface area contributed by atoms with E-state index >= 15 is 0 Å². The molecule has 0 spiro atoms. The number of nitrogens with zero attached hydrogens (tertiary/aromatic N) is 3. The van der Waals surface area contributed by atoms with Gasteiger partial charge in [0.1, 0.15) is 11.2 Å². The highest BCUT2D eigenvalue weighted by molar-refractivity contribution is 7.25. The van der Waals surface area contributed by atoms with Crippen molar-refractivity contribution in [2.45, 2.75) is 0 Å². The van der Waals surface area contributed by atoms with Gasteiger partial charge in [-0.2, -0.15) is 0 Å². The Kier molecular flexibility index (Phi) is 7.64. The first-order valence-corrected chi connectivity index (χ1v) is 19.5. The van der Waals surface area contributed by atoms with Gasteiger partial charge in [0.25, 0.3) is 0 Å². The van der Waals surface area contributed by atoms with E-state index in [2.05, 4.69) is 146 Å². The minimum absolute atomic E-state index is 0.592. The Labute approximate surface area is 327 Å². The summed E-state index contributed by atoms with van der Waals surface area (Å²) < 4.78 is 9.12. The van der Waals surface area contributed by atoms with E-state index in [4.69, 9.17) is 19.4 Å². The lowest BCUT2D eigenvalue weighted by Gasteiger charge is -2.09. The van der Waals surface area contributed by atoms with Crippen molar-refractivity contribution in [1.82, 2.24) is 15.0 Å². The first kappa shape index (κ1) is 32.2. The summed E-state index contributed by atoms with van der Waals surface area (Å²) in [5, 5.41) is 4.74. The Bertz CT molecular complexity index is 3240. The summed E-state index contributed by atoms with van der Waals surface area (Å²) in [6, 6.07) is 65.8. The van der Waals surface area contributed by atoms with E-state index in [-0.39, 0.29) is 0 Å². The lowest BCUT2D eigenvalue weighted by molar-refractivity contribution is 0.669. The first-order valence-electron chi connectivity index (χ1n) is 18.7. The van der Waals surface area contributed by atoms with E-state index in [1.165, 1.54) is 36.9 Å². The molecule has 0 atom stereocenters. The molecule has 0 unspecified atom stereocenters. The molecule has 0 aliphatic rings. The molecule has 0 amide bonds. The summed E-state index contributed by atoms with van der Waals surface area (Å²) in [4.78, 5) is 14.9. The van der Waals surface area contributed by atoms with Crippen LogP contribution < -0.4 is 0 Å². The molecule has 3 aromatic heterocycles. The van der Waals surface area contributed by atoms with Crippen molar-refractivity contribution < 1.29 is 4.42 Å². The van der Waals surface area contributed by atoms with Crippen LogP contribution in [-0.2, 0) is 0 Å². The molecule has 8 aromatic carbocycles. The van der Waals surface area contributed by atoms with E-state index in [1.807, 2.05) is 53.8 Å². The molecule has 0 bridgehead atoms. The molecule has 0 saturated heterocycles. The van der Waals surface area contributed by atoms with E-state index in [9.17, 15) is 0 Å². The summed E-state index contributed by atoms with van der Waals surface area (Å²) >= 11 is 1.85. The molecule has 0 aliphatic carbocycles. The van der Waals surface area contributed by atoms with Gasteiger partial charge in [-0.1, -0.05) is 140 Å². The van der Waals surface area contributed by atoms with Gasteiger partial charge in [-0.15, -0.1) is 11.3 Å². The molecular weight excluding hydrogens is 703 g/mol. The molecule has 0 saturated carbocycles. The largest absolute Gasteiger partial charge is 0.456 e. The van der Waals surface area contributed by atoms with Crippen molar-refractivity contribution in [1.29, 1.82) is 0 Å². The zero-order valence-electron chi connectivity index (χ0n) is 30.1. The molecule has 56 heavy (non-hydrogen) atoms. The van der Waals surface area contributed by atoms with Gasteiger partial charge in [0, 0.05) is 47.6 Å². The second kappa shape index (κ2) is 13.3. The van der Waals surface area contributed by atoms with Gasteiger partial charge in [-0.3, -0.25) is 0 Å². The fourth-order valence-electron chi connectivity index (χ4n) is 7.67. The number of hydrogen-bond acceptors (Lipinski definition) is 5. The predicted octanol–water partition coefficient (Wildman–Crippen LogP) is 14.1. The molecular formula is C51H31N3OS. The van der Waals surface area contributed by atoms with Gasteiger partial charge in [-0.25, -0.2) is 15.0 Å². The van der Waals surface area contributed by atoms with Crippen LogP contribution in [0.15, 0.2) is 192 Å². The Balaban J connectivity index is 0.956. The molecule has 3 heterocycles. The van der Waals surface area contributed by atoms with Gasteiger partial charge in [0.15, 0.2) is 17.5 Å². The van der Waals surface area contributed by atoms with Gasteiger partial charge < -0.3 is 4.42 Å². The minimum atomic E-state index is 0.592.